The Bertz CT molecular complexity index is 820. The number of rotatable bonds is 8. The van der Waals surface area contributed by atoms with Crippen molar-refractivity contribution in [2.24, 2.45) is 0 Å². The van der Waals surface area contributed by atoms with Crippen molar-refractivity contribution in [1.29, 1.82) is 0 Å². The van der Waals surface area contributed by atoms with Crippen LogP contribution < -0.4 is 16.2 Å². The maximum atomic E-state index is 12.4. The minimum Gasteiger partial charge on any atom is -0.480 e. The summed E-state index contributed by atoms with van der Waals surface area (Å²) >= 11 is 6.02. The van der Waals surface area contributed by atoms with E-state index in [-0.39, 0.29) is 11.0 Å². The van der Waals surface area contributed by atoms with Gasteiger partial charge in [-0.1, -0.05) is 35.9 Å². The lowest BCUT2D eigenvalue weighted by atomic mass is 10.1. The molecule has 0 amide bonds. The minimum absolute atomic E-state index is 0.0585. The highest BCUT2D eigenvalue weighted by molar-refractivity contribution is 6.30. The molecule has 2 aromatic rings. The number of nitrogens with one attached hydrogen (secondary N) is 2. The highest BCUT2D eigenvalue weighted by Crippen LogP contribution is 2.12. The molecule has 0 spiro atoms. The summed E-state index contributed by atoms with van der Waals surface area (Å²) in [5.41, 5.74) is 2.15. The molecule has 0 saturated heterocycles. The average molecular weight is 365 g/mol. The highest BCUT2D eigenvalue weighted by Gasteiger charge is 2.14. The number of hydrogen-bond acceptors (Lipinski definition) is 5. The van der Waals surface area contributed by atoms with Gasteiger partial charge in [-0.15, -0.1) is 0 Å². The second-order valence-corrected chi connectivity index (χ2v) is 6.01. The maximum Gasteiger partial charge on any atom is 0.323 e. The zero-order valence-corrected chi connectivity index (χ0v) is 14.9. The third-order valence-electron chi connectivity index (χ3n) is 3.73. The van der Waals surface area contributed by atoms with Crippen LogP contribution in [0.5, 0.6) is 0 Å². The standard InChI is InChI=1S/C17H21ClN4O3/c1-11-15(18)21-16(17(25)22(11)10-14(23)24)20-7-6-12-4-3-5-13(8-12)9-19-2/h3-5,8,19H,6-7,9-10H2,1-2H3,(H,20,21)(H,23,24). The summed E-state index contributed by atoms with van der Waals surface area (Å²) < 4.78 is 1.10. The van der Waals surface area contributed by atoms with Gasteiger partial charge in [-0.3, -0.25) is 14.2 Å². The first-order valence-electron chi connectivity index (χ1n) is 7.87. The highest BCUT2D eigenvalue weighted by atomic mass is 35.5. The number of anilines is 1. The topological polar surface area (TPSA) is 96.2 Å². The van der Waals surface area contributed by atoms with Gasteiger partial charge in [0.1, 0.15) is 6.54 Å². The van der Waals surface area contributed by atoms with E-state index in [1.54, 1.807) is 6.92 Å². The Morgan fingerprint density at radius 1 is 1.36 bits per heavy atom. The summed E-state index contributed by atoms with van der Waals surface area (Å²) in [5, 5.41) is 15.1. The van der Waals surface area contributed by atoms with Crippen molar-refractivity contribution < 1.29 is 9.90 Å². The molecule has 8 heteroatoms. The van der Waals surface area contributed by atoms with E-state index in [1.807, 2.05) is 25.2 Å². The number of carboxylic acids is 1. The van der Waals surface area contributed by atoms with Crippen LogP contribution in [0.25, 0.3) is 0 Å². The molecule has 1 aromatic carbocycles. The first kappa shape index (κ1) is 19.0. The molecule has 0 aliphatic rings. The number of aromatic nitrogens is 2. The fourth-order valence-corrected chi connectivity index (χ4v) is 2.67. The van der Waals surface area contributed by atoms with Gasteiger partial charge in [0.2, 0.25) is 0 Å². The second kappa shape index (κ2) is 8.64. The Labute approximate surface area is 150 Å². The predicted octanol–water partition coefficient (Wildman–Crippen LogP) is 1.66. The number of aliphatic carboxylic acids is 1. The van der Waals surface area contributed by atoms with E-state index in [0.29, 0.717) is 18.7 Å². The lowest BCUT2D eigenvalue weighted by molar-refractivity contribution is -0.137. The van der Waals surface area contributed by atoms with Gasteiger partial charge in [0.25, 0.3) is 5.56 Å². The molecule has 0 aliphatic carbocycles. The Kier molecular flexibility index (Phi) is 6.55. The molecule has 25 heavy (non-hydrogen) atoms. The summed E-state index contributed by atoms with van der Waals surface area (Å²) in [7, 11) is 1.89. The number of carbonyl (C=O) groups is 1. The summed E-state index contributed by atoms with van der Waals surface area (Å²) in [6.07, 6.45) is 0.698. The van der Waals surface area contributed by atoms with Crippen LogP contribution in [0.1, 0.15) is 16.8 Å². The third kappa shape index (κ3) is 5.04. The first-order valence-corrected chi connectivity index (χ1v) is 8.25. The Hall–Kier alpha value is -2.38. The molecular weight excluding hydrogens is 344 g/mol. The molecule has 1 aromatic heterocycles. The molecule has 0 saturated carbocycles. The Morgan fingerprint density at radius 3 is 2.76 bits per heavy atom. The predicted molar refractivity (Wildman–Crippen MR) is 97.3 cm³/mol. The van der Waals surface area contributed by atoms with Gasteiger partial charge < -0.3 is 15.7 Å². The first-order chi connectivity index (χ1) is 11.9. The molecule has 0 fully saturated rings. The van der Waals surface area contributed by atoms with Crippen molar-refractivity contribution in [3.63, 3.8) is 0 Å². The molecule has 7 nitrogen and oxygen atoms in total. The minimum atomic E-state index is -1.11. The molecule has 0 atom stereocenters. The number of hydrogen-bond donors (Lipinski definition) is 3. The molecule has 0 bridgehead atoms. The molecule has 3 N–H and O–H groups in total. The van der Waals surface area contributed by atoms with Crippen molar-refractivity contribution in [3.05, 3.63) is 56.6 Å². The lowest BCUT2D eigenvalue weighted by Crippen LogP contribution is -2.30. The van der Waals surface area contributed by atoms with Gasteiger partial charge in [0, 0.05) is 13.1 Å². The maximum absolute atomic E-state index is 12.4. The van der Waals surface area contributed by atoms with Crippen LogP contribution in [0, 0.1) is 6.92 Å². The Balaban J connectivity index is 2.10. The summed E-state index contributed by atoms with van der Waals surface area (Å²) in [4.78, 5) is 27.3. The monoisotopic (exact) mass is 364 g/mol. The van der Waals surface area contributed by atoms with Gasteiger partial charge in [-0.05, 0) is 31.5 Å². The number of halogens is 1. The fourth-order valence-electron chi connectivity index (χ4n) is 2.48. The van der Waals surface area contributed by atoms with Gasteiger partial charge in [0.05, 0.1) is 5.69 Å². The van der Waals surface area contributed by atoms with Crippen molar-refractivity contribution in [1.82, 2.24) is 14.9 Å². The second-order valence-electron chi connectivity index (χ2n) is 5.65. The van der Waals surface area contributed by atoms with E-state index in [1.165, 1.54) is 5.56 Å². The fraction of sp³-hybridized carbons (Fsp3) is 0.353. The molecule has 1 heterocycles. The van der Waals surface area contributed by atoms with E-state index in [0.717, 1.165) is 16.7 Å². The molecular formula is C17H21ClN4O3. The van der Waals surface area contributed by atoms with Gasteiger partial charge in [-0.2, -0.15) is 0 Å². The molecule has 0 unspecified atom stereocenters. The number of benzene rings is 1. The SMILES string of the molecule is CNCc1cccc(CCNc2nc(Cl)c(C)n(CC(=O)O)c2=O)c1. The van der Waals surface area contributed by atoms with Crippen molar-refractivity contribution in [2.45, 2.75) is 26.4 Å². The molecule has 0 radical (unpaired) electrons. The summed E-state index contributed by atoms with van der Waals surface area (Å²) in [6.45, 7) is 2.39. The molecule has 134 valence electrons. The quantitative estimate of drug-likeness (QED) is 0.659. The average Bonchev–Trinajstić information content (AvgIpc) is 2.57. The summed E-state index contributed by atoms with van der Waals surface area (Å²) in [6, 6.07) is 8.14. The van der Waals surface area contributed by atoms with Crippen LogP contribution in [0.15, 0.2) is 29.1 Å². The van der Waals surface area contributed by atoms with Crippen molar-refractivity contribution >= 4 is 23.4 Å². The van der Waals surface area contributed by atoms with Crippen LogP contribution in [0.3, 0.4) is 0 Å². The van der Waals surface area contributed by atoms with Crippen LogP contribution >= 0.6 is 11.6 Å². The van der Waals surface area contributed by atoms with E-state index in [2.05, 4.69) is 21.7 Å². The smallest absolute Gasteiger partial charge is 0.323 e. The van der Waals surface area contributed by atoms with Crippen LogP contribution in [-0.4, -0.2) is 34.2 Å². The van der Waals surface area contributed by atoms with Gasteiger partial charge in [-0.25, -0.2) is 4.98 Å². The largest absolute Gasteiger partial charge is 0.480 e. The normalized spacial score (nSPS) is 10.7. The van der Waals surface area contributed by atoms with Gasteiger partial charge in [0.15, 0.2) is 11.0 Å². The lowest BCUT2D eigenvalue weighted by Gasteiger charge is -2.12. The van der Waals surface area contributed by atoms with E-state index >= 15 is 0 Å². The summed E-state index contributed by atoms with van der Waals surface area (Å²) in [5.74, 6) is -1.05. The van der Waals surface area contributed by atoms with E-state index in [4.69, 9.17) is 16.7 Å². The van der Waals surface area contributed by atoms with Crippen LogP contribution in [0.4, 0.5) is 5.82 Å². The van der Waals surface area contributed by atoms with E-state index in [9.17, 15) is 9.59 Å². The molecule has 2 rings (SSSR count). The third-order valence-corrected chi connectivity index (χ3v) is 4.09. The van der Waals surface area contributed by atoms with Crippen LogP contribution in [-0.2, 0) is 24.3 Å². The Morgan fingerprint density at radius 2 is 2.08 bits per heavy atom. The number of carboxylic acid groups (broad SMARTS) is 1. The van der Waals surface area contributed by atoms with Crippen LogP contribution in [0.2, 0.25) is 5.15 Å². The van der Waals surface area contributed by atoms with Gasteiger partial charge >= 0.3 is 5.97 Å². The zero-order valence-electron chi connectivity index (χ0n) is 14.2. The van der Waals surface area contributed by atoms with Crippen molar-refractivity contribution in [2.75, 3.05) is 18.9 Å². The van der Waals surface area contributed by atoms with Crippen molar-refractivity contribution in [3.8, 4) is 0 Å². The number of nitrogens with zero attached hydrogens (tertiary/aromatic N) is 2. The zero-order chi connectivity index (χ0) is 18.4. The molecule has 0 aliphatic heterocycles. The van der Waals surface area contributed by atoms with E-state index < -0.39 is 18.1 Å².